The van der Waals surface area contributed by atoms with Gasteiger partial charge in [0.1, 0.15) is 5.75 Å². The Morgan fingerprint density at radius 2 is 1.87 bits per heavy atom. The minimum atomic E-state index is 0. The molecule has 2 aromatic carbocycles. The van der Waals surface area contributed by atoms with Crippen LogP contribution in [-0.4, -0.2) is 37.6 Å². The summed E-state index contributed by atoms with van der Waals surface area (Å²) in [6.45, 7) is 7.10. The van der Waals surface area contributed by atoms with Crippen LogP contribution in [-0.2, 0) is 4.79 Å². The highest BCUT2D eigenvalue weighted by Gasteiger charge is 2.58. The van der Waals surface area contributed by atoms with Crippen LogP contribution in [0, 0.1) is 11.3 Å². The molecule has 5 heteroatoms. The van der Waals surface area contributed by atoms with Crippen molar-refractivity contribution in [1.82, 2.24) is 10.2 Å². The van der Waals surface area contributed by atoms with Crippen molar-refractivity contribution in [2.75, 3.05) is 26.7 Å². The number of nitrogens with one attached hydrogen (secondary N) is 1. The van der Waals surface area contributed by atoms with Crippen molar-refractivity contribution in [3.8, 4) is 16.9 Å². The molecular weight excluding hydrogens is 396 g/mol. The fourth-order valence-electron chi connectivity index (χ4n) is 4.93. The quantitative estimate of drug-likeness (QED) is 0.697. The van der Waals surface area contributed by atoms with Crippen LogP contribution in [0.15, 0.2) is 48.5 Å². The summed E-state index contributed by atoms with van der Waals surface area (Å²) >= 11 is 0. The minimum absolute atomic E-state index is 0. The summed E-state index contributed by atoms with van der Waals surface area (Å²) in [5.41, 5.74) is 3.76. The van der Waals surface area contributed by atoms with Crippen LogP contribution in [0.2, 0.25) is 0 Å². The molecule has 1 aliphatic heterocycles. The Labute approximate surface area is 186 Å². The number of rotatable bonds is 6. The molecular formula is C25H33ClN2O2. The van der Waals surface area contributed by atoms with Crippen LogP contribution in [0.3, 0.4) is 0 Å². The molecule has 162 valence electrons. The topological polar surface area (TPSA) is 41.6 Å². The molecule has 4 nitrogen and oxygen atoms in total. The lowest BCUT2D eigenvalue weighted by molar-refractivity contribution is -0.135. The number of amides is 1. The van der Waals surface area contributed by atoms with E-state index >= 15 is 0 Å². The molecule has 1 amide bonds. The maximum absolute atomic E-state index is 13.3. The van der Waals surface area contributed by atoms with Crippen LogP contribution < -0.4 is 10.1 Å². The summed E-state index contributed by atoms with van der Waals surface area (Å²) in [5, 5.41) is 3.42. The van der Waals surface area contributed by atoms with E-state index in [1.165, 1.54) is 5.56 Å². The molecule has 1 heterocycles. The zero-order valence-corrected chi connectivity index (χ0v) is 19.0. The Kier molecular flexibility index (Phi) is 7.10. The summed E-state index contributed by atoms with van der Waals surface area (Å²) in [4.78, 5) is 15.3. The van der Waals surface area contributed by atoms with E-state index in [1.54, 1.807) is 7.11 Å². The zero-order chi connectivity index (χ0) is 20.4. The lowest BCUT2D eigenvalue weighted by atomic mass is 9.91. The molecule has 1 aliphatic carbocycles. The number of nitrogens with zero attached hydrogens (tertiary/aromatic N) is 1. The summed E-state index contributed by atoms with van der Waals surface area (Å²) in [6, 6.07) is 16.8. The Hall–Kier alpha value is -2.04. The Morgan fingerprint density at radius 1 is 1.17 bits per heavy atom. The second-order valence-corrected chi connectivity index (χ2v) is 8.52. The van der Waals surface area contributed by atoms with Crippen molar-refractivity contribution in [2.45, 2.75) is 39.2 Å². The average molecular weight is 429 g/mol. The van der Waals surface area contributed by atoms with E-state index in [9.17, 15) is 4.79 Å². The van der Waals surface area contributed by atoms with Gasteiger partial charge in [-0.25, -0.2) is 0 Å². The molecule has 2 aliphatic rings. The Morgan fingerprint density at radius 3 is 2.50 bits per heavy atom. The third kappa shape index (κ3) is 4.35. The van der Waals surface area contributed by atoms with Crippen molar-refractivity contribution >= 4 is 18.3 Å². The number of carbonyl (C=O) groups excluding carboxylic acids is 1. The van der Waals surface area contributed by atoms with Crippen molar-refractivity contribution in [1.29, 1.82) is 0 Å². The largest absolute Gasteiger partial charge is 0.497 e. The van der Waals surface area contributed by atoms with Crippen molar-refractivity contribution in [3.05, 3.63) is 54.1 Å². The van der Waals surface area contributed by atoms with Gasteiger partial charge in [0, 0.05) is 12.5 Å². The summed E-state index contributed by atoms with van der Waals surface area (Å²) < 4.78 is 5.34. The van der Waals surface area contributed by atoms with E-state index in [0.717, 1.165) is 55.8 Å². The van der Waals surface area contributed by atoms with E-state index < -0.39 is 0 Å². The standard InChI is InChI=1S/C25H32N2O2.ClH/c1-4-27(24(28)23-17-25(23)12-14-26-15-13-25)18(2)19-8-10-20(11-9-19)21-6-5-7-22(16-21)29-3;/h5-11,16,18,23,26H,4,12-15,17H2,1-3H3;1H. The van der Waals surface area contributed by atoms with Gasteiger partial charge < -0.3 is 15.0 Å². The van der Waals surface area contributed by atoms with Gasteiger partial charge in [-0.3, -0.25) is 4.79 Å². The second kappa shape index (κ2) is 9.40. The lowest BCUT2D eigenvalue weighted by Gasteiger charge is -2.31. The summed E-state index contributed by atoms with van der Waals surface area (Å²) in [7, 11) is 1.69. The maximum Gasteiger partial charge on any atom is 0.226 e. The fourth-order valence-corrected chi connectivity index (χ4v) is 4.93. The van der Waals surface area contributed by atoms with Gasteiger partial charge in [-0.2, -0.15) is 0 Å². The smallest absolute Gasteiger partial charge is 0.226 e. The number of piperidine rings is 1. The van der Waals surface area contributed by atoms with E-state index in [2.05, 4.69) is 54.4 Å². The highest BCUT2D eigenvalue weighted by molar-refractivity contribution is 5.85. The molecule has 2 aromatic rings. The number of ether oxygens (including phenoxy) is 1. The summed E-state index contributed by atoms with van der Waals surface area (Å²) in [6.07, 6.45) is 3.36. The molecule has 30 heavy (non-hydrogen) atoms. The van der Waals surface area contributed by atoms with Crippen molar-refractivity contribution in [3.63, 3.8) is 0 Å². The molecule has 2 fully saturated rings. The van der Waals surface area contributed by atoms with Gasteiger partial charge in [-0.1, -0.05) is 36.4 Å². The van der Waals surface area contributed by atoms with Gasteiger partial charge in [-0.05, 0) is 80.4 Å². The van der Waals surface area contributed by atoms with E-state index in [-0.39, 0.29) is 29.8 Å². The van der Waals surface area contributed by atoms with Crippen LogP contribution in [0.5, 0.6) is 5.75 Å². The van der Waals surface area contributed by atoms with E-state index in [0.29, 0.717) is 5.91 Å². The van der Waals surface area contributed by atoms with E-state index in [4.69, 9.17) is 4.74 Å². The molecule has 2 atom stereocenters. The first-order valence-electron chi connectivity index (χ1n) is 10.8. The van der Waals surface area contributed by atoms with Gasteiger partial charge >= 0.3 is 0 Å². The first kappa shape index (κ1) is 22.6. The number of methoxy groups -OCH3 is 1. The van der Waals surface area contributed by atoms with Crippen molar-refractivity contribution < 1.29 is 9.53 Å². The second-order valence-electron chi connectivity index (χ2n) is 8.52. The predicted octanol–water partition coefficient (Wildman–Crippen LogP) is 5.08. The first-order chi connectivity index (χ1) is 14.1. The first-order valence-corrected chi connectivity index (χ1v) is 10.8. The maximum atomic E-state index is 13.3. The zero-order valence-electron chi connectivity index (χ0n) is 18.2. The molecule has 1 saturated carbocycles. The third-order valence-corrected chi connectivity index (χ3v) is 6.97. The van der Waals surface area contributed by atoms with Gasteiger partial charge in [0.2, 0.25) is 5.91 Å². The molecule has 4 rings (SSSR count). The highest BCUT2D eigenvalue weighted by atomic mass is 35.5. The lowest BCUT2D eigenvalue weighted by Crippen LogP contribution is -2.38. The predicted molar refractivity (Wildman–Crippen MR) is 124 cm³/mol. The van der Waals surface area contributed by atoms with E-state index in [1.807, 2.05) is 18.2 Å². The van der Waals surface area contributed by atoms with Gasteiger partial charge in [0.15, 0.2) is 0 Å². The number of carbonyl (C=O) groups is 1. The molecule has 0 bridgehead atoms. The fraction of sp³-hybridized carbons (Fsp3) is 0.480. The molecule has 0 radical (unpaired) electrons. The summed E-state index contributed by atoms with van der Waals surface area (Å²) in [5.74, 6) is 1.43. The van der Waals surface area contributed by atoms with Crippen molar-refractivity contribution in [2.24, 2.45) is 11.3 Å². The van der Waals surface area contributed by atoms with Crippen LogP contribution in [0.25, 0.3) is 11.1 Å². The number of benzene rings is 2. The monoisotopic (exact) mass is 428 g/mol. The SMILES string of the molecule is CCN(C(=O)C1CC12CCNCC2)C(C)c1ccc(-c2cccc(OC)c2)cc1.Cl. The normalized spacial score (nSPS) is 20.2. The Balaban J connectivity index is 0.00000256. The highest BCUT2D eigenvalue weighted by Crippen LogP contribution is 2.59. The molecule has 1 spiro atoms. The Bertz CT molecular complexity index is 862. The van der Waals surface area contributed by atoms with Gasteiger partial charge in [-0.15, -0.1) is 12.4 Å². The van der Waals surface area contributed by atoms with Crippen LogP contribution in [0.1, 0.15) is 44.7 Å². The molecule has 1 N–H and O–H groups in total. The van der Waals surface area contributed by atoms with Gasteiger partial charge in [0.05, 0.1) is 13.2 Å². The molecule has 2 unspecified atom stereocenters. The van der Waals surface area contributed by atoms with Crippen LogP contribution in [0.4, 0.5) is 0 Å². The minimum Gasteiger partial charge on any atom is -0.497 e. The van der Waals surface area contributed by atoms with Gasteiger partial charge in [0.25, 0.3) is 0 Å². The average Bonchev–Trinajstić information content (AvgIpc) is 3.47. The number of hydrogen-bond acceptors (Lipinski definition) is 3. The third-order valence-electron chi connectivity index (χ3n) is 6.97. The number of hydrogen-bond donors (Lipinski definition) is 1. The van der Waals surface area contributed by atoms with Crippen LogP contribution >= 0.6 is 12.4 Å². The number of halogens is 1. The molecule has 1 saturated heterocycles. The molecule has 0 aromatic heterocycles.